The van der Waals surface area contributed by atoms with Gasteiger partial charge in [-0.25, -0.2) is 20.8 Å². The Kier molecular flexibility index (Phi) is 2.60. The lowest BCUT2D eigenvalue weighted by Gasteiger charge is -2.00. The zero-order valence-corrected chi connectivity index (χ0v) is 4.64. The molecule has 0 rings (SSSR count). The number of hydrogen-bond donors (Lipinski definition) is 2. The van der Waals surface area contributed by atoms with Gasteiger partial charge >= 0.3 is 6.03 Å². The van der Waals surface area contributed by atoms with Crippen molar-refractivity contribution in [3.05, 3.63) is 10.1 Å². The Morgan fingerprint density at radius 2 is 2.40 bits per heavy atom. The van der Waals surface area contributed by atoms with Crippen molar-refractivity contribution in [2.45, 2.75) is 0 Å². The quantitative estimate of drug-likeness (QED) is 0.116. The molecule has 0 radical (unpaired) electrons. The van der Waals surface area contributed by atoms with Gasteiger partial charge in [0.2, 0.25) is 6.19 Å². The fraction of sp³-hybridized carbons (Fsp3) is 0. The Labute approximate surface area is 54.9 Å². The molecule has 0 atom stereocenters. The van der Waals surface area contributed by atoms with Crippen molar-refractivity contribution in [1.29, 1.82) is 5.26 Å². The SMILES string of the molecule is N#CN(N)C(=O)N[N+](=O)[O-]. The molecule has 8 nitrogen and oxygen atoms in total. The third-order valence-corrected chi connectivity index (χ3v) is 0.513. The molecule has 10 heavy (non-hydrogen) atoms. The Bertz CT molecular complexity index is 194. The smallest absolute Gasteiger partial charge is 0.240 e. The Morgan fingerprint density at radius 1 is 1.90 bits per heavy atom. The van der Waals surface area contributed by atoms with Crippen LogP contribution in [-0.2, 0) is 0 Å². The fourth-order valence-electron chi connectivity index (χ4n) is 0.177. The van der Waals surface area contributed by atoms with Crippen molar-refractivity contribution in [3.63, 3.8) is 0 Å². The minimum atomic E-state index is -1.28. The normalized spacial score (nSPS) is 7.60. The molecule has 3 N–H and O–H groups in total. The van der Waals surface area contributed by atoms with E-state index in [9.17, 15) is 14.9 Å². The third-order valence-electron chi connectivity index (χ3n) is 0.513. The van der Waals surface area contributed by atoms with E-state index in [-0.39, 0.29) is 5.01 Å². The summed E-state index contributed by atoms with van der Waals surface area (Å²) in [7, 11) is 0. The van der Waals surface area contributed by atoms with Gasteiger partial charge in [-0.15, -0.1) is 0 Å². The number of hydrogen-bond acceptors (Lipinski definition) is 5. The molecule has 0 spiro atoms. The zero-order chi connectivity index (χ0) is 8.15. The van der Waals surface area contributed by atoms with Crippen LogP contribution in [0.3, 0.4) is 0 Å². The number of nitrogens with one attached hydrogen (secondary N) is 1. The lowest BCUT2D eigenvalue weighted by molar-refractivity contribution is -0.528. The summed E-state index contributed by atoms with van der Waals surface area (Å²) in [5, 5.41) is 16.3. The highest BCUT2D eigenvalue weighted by atomic mass is 16.7. The maximum absolute atomic E-state index is 10.2. The Hall–Kier alpha value is -1.88. The van der Waals surface area contributed by atoms with Crippen LogP contribution in [0.1, 0.15) is 0 Å². The molecule has 0 saturated carbocycles. The number of hydrazine groups is 2. The van der Waals surface area contributed by atoms with E-state index in [4.69, 9.17) is 5.26 Å². The van der Waals surface area contributed by atoms with E-state index in [2.05, 4.69) is 5.84 Å². The maximum Gasteiger partial charge on any atom is 0.403 e. The Balaban J connectivity index is 3.88. The number of amides is 2. The summed E-state index contributed by atoms with van der Waals surface area (Å²) in [5.74, 6) is 4.62. The molecule has 0 aliphatic rings. The number of rotatable bonds is 1. The molecule has 0 unspecified atom stereocenters. The van der Waals surface area contributed by atoms with Gasteiger partial charge in [0.15, 0.2) is 5.03 Å². The van der Waals surface area contributed by atoms with Crippen LogP contribution in [0.15, 0.2) is 0 Å². The van der Waals surface area contributed by atoms with Crippen molar-refractivity contribution >= 4 is 6.03 Å². The van der Waals surface area contributed by atoms with Gasteiger partial charge in [-0.3, -0.25) is 0 Å². The first kappa shape index (κ1) is 8.12. The van der Waals surface area contributed by atoms with Crippen LogP contribution in [0.4, 0.5) is 4.79 Å². The number of carbonyl (C=O) groups excluding carboxylic acids is 1. The lowest BCUT2D eigenvalue weighted by atomic mass is 10.9. The first-order valence-electron chi connectivity index (χ1n) is 1.97. The first-order valence-corrected chi connectivity index (χ1v) is 1.97. The monoisotopic (exact) mass is 145 g/mol. The Morgan fingerprint density at radius 3 is 2.70 bits per heavy atom. The van der Waals surface area contributed by atoms with Crippen LogP contribution in [0.25, 0.3) is 0 Å². The van der Waals surface area contributed by atoms with Gasteiger partial charge in [0.25, 0.3) is 0 Å². The third kappa shape index (κ3) is 2.43. The topological polar surface area (TPSA) is 125 Å². The molecular formula is C2H3N5O3. The van der Waals surface area contributed by atoms with E-state index < -0.39 is 11.1 Å². The van der Waals surface area contributed by atoms with Crippen LogP contribution >= 0.6 is 0 Å². The predicted molar refractivity (Wildman–Crippen MR) is 27.2 cm³/mol. The average Bonchev–Trinajstić information content (AvgIpc) is 1.85. The maximum atomic E-state index is 10.2. The van der Waals surface area contributed by atoms with Crippen molar-refractivity contribution in [2.75, 3.05) is 0 Å². The molecule has 0 aromatic heterocycles. The number of nitrogens with zero attached hydrogens (tertiary/aromatic N) is 3. The van der Waals surface area contributed by atoms with Crippen molar-refractivity contribution in [2.24, 2.45) is 5.84 Å². The molecule has 0 fully saturated rings. The lowest BCUT2D eigenvalue weighted by Crippen LogP contribution is -2.43. The van der Waals surface area contributed by atoms with Crippen LogP contribution in [0, 0.1) is 21.6 Å². The zero-order valence-electron chi connectivity index (χ0n) is 4.64. The number of nitriles is 1. The minimum Gasteiger partial charge on any atom is -0.240 e. The van der Waals surface area contributed by atoms with E-state index >= 15 is 0 Å². The van der Waals surface area contributed by atoms with Crippen molar-refractivity contribution in [3.8, 4) is 6.19 Å². The second-order valence-corrected chi connectivity index (χ2v) is 1.14. The van der Waals surface area contributed by atoms with E-state index in [1.54, 1.807) is 0 Å². The molecule has 0 bridgehead atoms. The molecule has 0 heterocycles. The van der Waals surface area contributed by atoms with Crippen LogP contribution in [0.2, 0.25) is 0 Å². The van der Waals surface area contributed by atoms with Gasteiger partial charge in [-0.2, -0.15) is 10.3 Å². The van der Waals surface area contributed by atoms with Crippen LogP contribution in [0.5, 0.6) is 0 Å². The fourth-order valence-corrected chi connectivity index (χ4v) is 0.177. The molecule has 0 saturated heterocycles. The van der Waals surface area contributed by atoms with E-state index in [1.807, 2.05) is 0 Å². The standard InChI is InChI=1S/C2H3N5O3/c3-1-6(4)2(8)5-7(9)10/h4H2,(H,5,8). The summed E-state index contributed by atoms with van der Waals surface area (Å²) >= 11 is 0. The average molecular weight is 145 g/mol. The molecule has 0 aliphatic carbocycles. The van der Waals surface area contributed by atoms with Gasteiger partial charge in [0, 0.05) is 0 Å². The second-order valence-electron chi connectivity index (χ2n) is 1.14. The van der Waals surface area contributed by atoms with E-state index in [0.717, 1.165) is 11.6 Å². The number of nitrogens with two attached hydrogens (primary N) is 1. The minimum absolute atomic E-state index is 0.00278. The summed E-state index contributed by atoms with van der Waals surface area (Å²) in [6.45, 7) is 0. The molecule has 0 aromatic rings. The summed E-state index contributed by atoms with van der Waals surface area (Å²) in [5.41, 5.74) is 1.16. The van der Waals surface area contributed by atoms with Gasteiger partial charge in [0.1, 0.15) is 0 Å². The highest BCUT2D eigenvalue weighted by molar-refractivity contribution is 5.73. The molecular weight excluding hydrogens is 142 g/mol. The number of carbonyl (C=O) groups is 1. The van der Waals surface area contributed by atoms with Crippen molar-refractivity contribution in [1.82, 2.24) is 10.4 Å². The summed E-state index contributed by atoms with van der Waals surface area (Å²) < 4.78 is 0. The summed E-state index contributed by atoms with van der Waals surface area (Å²) in [6.07, 6.45) is 1.16. The molecule has 54 valence electrons. The molecule has 8 heteroatoms. The highest BCUT2D eigenvalue weighted by Gasteiger charge is 2.12. The largest absolute Gasteiger partial charge is 0.403 e. The highest BCUT2D eigenvalue weighted by Crippen LogP contribution is 1.73. The van der Waals surface area contributed by atoms with Crippen molar-refractivity contribution < 1.29 is 9.83 Å². The van der Waals surface area contributed by atoms with Gasteiger partial charge < -0.3 is 0 Å². The molecule has 2 amide bonds. The summed E-state index contributed by atoms with van der Waals surface area (Å²) in [4.78, 5) is 19.7. The first-order chi connectivity index (χ1) is 4.57. The summed E-state index contributed by atoms with van der Waals surface area (Å²) in [6, 6.07) is -1.28. The number of urea groups is 1. The molecule has 0 aliphatic heterocycles. The van der Waals surface area contributed by atoms with Crippen LogP contribution in [-0.4, -0.2) is 16.1 Å². The van der Waals surface area contributed by atoms with E-state index in [1.165, 1.54) is 0 Å². The van der Waals surface area contributed by atoms with Gasteiger partial charge in [0.05, 0.1) is 0 Å². The molecule has 0 aromatic carbocycles. The van der Waals surface area contributed by atoms with Gasteiger partial charge in [-0.1, -0.05) is 0 Å². The predicted octanol–water partition coefficient (Wildman–Crippen LogP) is -1.46. The number of nitro groups is 1. The second kappa shape index (κ2) is 3.21. The van der Waals surface area contributed by atoms with Gasteiger partial charge in [-0.05, 0) is 5.43 Å². The van der Waals surface area contributed by atoms with E-state index in [0.29, 0.717) is 0 Å². The van der Waals surface area contributed by atoms with Crippen LogP contribution < -0.4 is 11.3 Å².